The molecule has 0 saturated carbocycles. The Morgan fingerprint density at radius 3 is 2.60 bits per heavy atom. The molecule has 1 amide bonds. The van der Waals surface area contributed by atoms with E-state index in [9.17, 15) is 4.79 Å². The molecule has 3 heterocycles. The van der Waals surface area contributed by atoms with Gasteiger partial charge in [-0.1, -0.05) is 20.8 Å². The second-order valence-corrected chi connectivity index (χ2v) is 7.89. The highest BCUT2D eigenvalue weighted by Crippen LogP contribution is 2.26. The van der Waals surface area contributed by atoms with Crippen LogP contribution in [0.2, 0.25) is 0 Å². The number of likely N-dealkylation sites (tertiary alicyclic amines) is 1. The zero-order chi connectivity index (χ0) is 18.0. The van der Waals surface area contributed by atoms with Gasteiger partial charge in [0.2, 0.25) is 0 Å². The quantitative estimate of drug-likeness (QED) is 0.855. The van der Waals surface area contributed by atoms with E-state index in [0.29, 0.717) is 18.2 Å². The van der Waals surface area contributed by atoms with Gasteiger partial charge in [-0.05, 0) is 38.3 Å². The van der Waals surface area contributed by atoms with E-state index in [-0.39, 0.29) is 11.8 Å². The largest absolute Gasteiger partial charge is 0.359 e. The zero-order valence-corrected chi connectivity index (χ0v) is 16.0. The number of aromatic nitrogens is 2. The van der Waals surface area contributed by atoms with Crippen LogP contribution in [0.5, 0.6) is 0 Å². The minimum Gasteiger partial charge on any atom is -0.359 e. The summed E-state index contributed by atoms with van der Waals surface area (Å²) in [6.45, 7) is 11.7. The number of carbonyl (C=O) groups excluding carboxylic acids is 1. The van der Waals surface area contributed by atoms with Gasteiger partial charge in [0.15, 0.2) is 0 Å². The molecule has 2 aliphatic heterocycles. The van der Waals surface area contributed by atoms with Crippen LogP contribution in [0, 0.1) is 5.92 Å². The zero-order valence-electron chi connectivity index (χ0n) is 16.0. The first-order chi connectivity index (χ1) is 12.0. The normalized spacial score (nSPS) is 19.0. The van der Waals surface area contributed by atoms with Gasteiger partial charge >= 0.3 is 0 Å². The number of hydrogen-bond acceptors (Lipinski definition) is 5. The predicted molar refractivity (Wildman–Crippen MR) is 100 cm³/mol. The molecule has 2 aliphatic rings. The van der Waals surface area contributed by atoms with Crippen LogP contribution in [0.3, 0.4) is 0 Å². The summed E-state index contributed by atoms with van der Waals surface area (Å²) in [6, 6.07) is 0. The molecule has 1 fully saturated rings. The van der Waals surface area contributed by atoms with Crippen molar-refractivity contribution in [3.63, 3.8) is 0 Å². The van der Waals surface area contributed by atoms with Gasteiger partial charge in [-0.15, -0.1) is 0 Å². The topological polar surface area (TPSA) is 61.4 Å². The number of hydrogen-bond donors (Lipinski definition) is 1. The third kappa shape index (κ3) is 4.11. The molecule has 6 heteroatoms. The average molecular weight is 345 g/mol. The second kappa shape index (κ2) is 7.68. The number of amides is 1. The van der Waals surface area contributed by atoms with Crippen LogP contribution >= 0.6 is 0 Å². The molecule has 1 aromatic rings. The molecular formula is C19H31N5O. The van der Waals surface area contributed by atoms with Crippen molar-refractivity contribution in [2.24, 2.45) is 5.92 Å². The van der Waals surface area contributed by atoms with Gasteiger partial charge in [0.25, 0.3) is 5.91 Å². The first-order valence-corrected chi connectivity index (χ1v) is 9.58. The molecule has 1 unspecified atom stereocenters. The van der Waals surface area contributed by atoms with E-state index in [0.717, 1.165) is 36.7 Å². The van der Waals surface area contributed by atoms with Crippen molar-refractivity contribution in [3.05, 3.63) is 17.1 Å². The third-order valence-corrected chi connectivity index (χ3v) is 5.11. The Morgan fingerprint density at radius 1 is 1.20 bits per heavy atom. The molecule has 1 aromatic heterocycles. The van der Waals surface area contributed by atoms with E-state index in [1.165, 1.54) is 25.9 Å². The molecule has 0 aromatic carbocycles. The first-order valence-electron chi connectivity index (χ1n) is 9.58. The lowest BCUT2D eigenvalue weighted by Gasteiger charge is -2.29. The SMILES string of the molecule is CC(CN1CCCC1)CN(C)c1nc(C(C)C)nc2c1CCNC2=O. The summed E-state index contributed by atoms with van der Waals surface area (Å²) < 4.78 is 0. The van der Waals surface area contributed by atoms with Crippen LogP contribution in [-0.2, 0) is 6.42 Å². The second-order valence-electron chi connectivity index (χ2n) is 7.89. The maximum Gasteiger partial charge on any atom is 0.270 e. The number of anilines is 1. The van der Waals surface area contributed by atoms with Gasteiger partial charge in [-0.3, -0.25) is 4.79 Å². The summed E-state index contributed by atoms with van der Waals surface area (Å²) in [5.74, 6) is 2.40. The molecule has 0 aliphatic carbocycles. The van der Waals surface area contributed by atoms with Crippen LogP contribution in [0.15, 0.2) is 0 Å². The summed E-state index contributed by atoms with van der Waals surface area (Å²) >= 11 is 0. The van der Waals surface area contributed by atoms with Crippen LogP contribution in [-0.4, -0.2) is 60.5 Å². The third-order valence-electron chi connectivity index (χ3n) is 5.11. The van der Waals surface area contributed by atoms with E-state index < -0.39 is 0 Å². The van der Waals surface area contributed by atoms with E-state index in [4.69, 9.17) is 4.98 Å². The van der Waals surface area contributed by atoms with E-state index in [1.54, 1.807) is 0 Å². The molecule has 25 heavy (non-hydrogen) atoms. The maximum absolute atomic E-state index is 12.3. The maximum atomic E-state index is 12.3. The smallest absolute Gasteiger partial charge is 0.270 e. The van der Waals surface area contributed by atoms with Crippen molar-refractivity contribution in [2.45, 2.75) is 46.0 Å². The Kier molecular flexibility index (Phi) is 5.57. The highest BCUT2D eigenvalue weighted by molar-refractivity contribution is 5.96. The van der Waals surface area contributed by atoms with Gasteiger partial charge in [-0.2, -0.15) is 0 Å². The monoisotopic (exact) mass is 345 g/mol. The molecule has 1 N–H and O–H groups in total. The lowest BCUT2D eigenvalue weighted by Crippen LogP contribution is -2.37. The fourth-order valence-electron chi connectivity index (χ4n) is 3.88. The van der Waals surface area contributed by atoms with Gasteiger partial charge in [-0.25, -0.2) is 9.97 Å². The van der Waals surface area contributed by atoms with Crippen molar-refractivity contribution in [1.29, 1.82) is 0 Å². The van der Waals surface area contributed by atoms with Gasteiger partial charge in [0.05, 0.1) is 0 Å². The molecule has 138 valence electrons. The van der Waals surface area contributed by atoms with Gasteiger partial charge < -0.3 is 15.1 Å². The van der Waals surface area contributed by atoms with Crippen molar-refractivity contribution in [1.82, 2.24) is 20.2 Å². The van der Waals surface area contributed by atoms with Crippen LogP contribution in [0.1, 0.15) is 61.4 Å². The van der Waals surface area contributed by atoms with E-state index in [1.807, 2.05) is 0 Å². The van der Waals surface area contributed by atoms with Crippen molar-refractivity contribution >= 4 is 11.7 Å². The Bertz CT molecular complexity index is 624. The van der Waals surface area contributed by atoms with Crippen molar-refractivity contribution < 1.29 is 4.79 Å². The summed E-state index contributed by atoms with van der Waals surface area (Å²) in [5.41, 5.74) is 1.57. The van der Waals surface area contributed by atoms with Gasteiger partial charge in [0.1, 0.15) is 17.3 Å². The molecular weight excluding hydrogens is 314 g/mol. The standard InChI is InChI=1S/C19H31N5O/c1-13(2)17-21-16-15(7-8-20-19(16)25)18(22-17)23(4)11-14(3)12-24-9-5-6-10-24/h13-14H,5-12H2,1-4H3,(H,20,25). The Balaban J connectivity index is 1.80. The predicted octanol–water partition coefficient (Wildman–Crippen LogP) is 2.05. The number of carbonyl (C=O) groups is 1. The van der Waals surface area contributed by atoms with Gasteiger partial charge in [0, 0.05) is 38.2 Å². The molecule has 1 atom stereocenters. The lowest BCUT2D eigenvalue weighted by molar-refractivity contribution is 0.0940. The minimum atomic E-state index is -0.0645. The Labute approximate surface area is 151 Å². The van der Waals surface area contributed by atoms with Crippen molar-refractivity contribution in [2.75, 3.05) is 44.7 Å². The van der Waals surface area contributed by atoms with Crippen LogP contribution in [0.4, 0.5) is 5.82 Å². The van der Waals surface area contributed by atoms with Crippen molar-refractivity contribution in [3.8, 4) is 0 Å². The molecule has 0 radical (unpaired) electrons. The van der Waals surface area contributed by atoms with Crippen LogP contribution in [0.25, 0.3) is 0 Å². The molecule has 1 saturated heterocycles. The fourth-order valence-corrected chi connectivity index (χ4v) is 3.88. The first kappa shape index (κ1) is 18.1. The summed E-state index contributed by atoms with van der Waals surface area (Å²) in [7, 11) is 2.10. The summed E-state index contributed by atoms with van der Waals surface area (Å²) in [6.07, 6.45) is 3.46. The molecule has 0 spiro atoms. The van der Waals surface area contributed by atoms with E-state index >= 15 is 0 Å². The lowest BCUT2D eigenvalue weighted by atomic mass is 10.0. The van der Waals surface area contributed by atoms with Crippen LogP contribution < -0.4 is 10.2 Å². The average Bonchev–Trinajstić information content (AvgIpc) is 3.07. The Morgan fingerprint density at radius 2 is 1.92 bits per heavy atom. The minimum absolute atomic E-state index is 0.0645. The summed E-state index contributed by atoms with van der Waals surface area (Å²) in [4.78, 5) is 26.4. The molecule has 6 nitrogen and oxygen atoms in total. The number of fused-ring (bicyclic) bond motifs is 1. The number of rotatable bonds is 6. The highest BCUT2D eigenvalue weighted by atomic mass is 16.1. The molecule has 3 rings (SSSR count). The summed E-state index contributed by atoms with van der Waals surface area (Å²) in [5, 5.41) is 2.91. The Hall–Kier alpha value is -1.69. The number of nitrogens with one attached hydrogen (secondary N) is 1. The fraction of sp³-hybridized carbons (Fsp3) is 0.737. The number of nitrogens with zero attached hydrogens (tertiary/aromatic N) is 4. The van der Waals surface area contributed by atoms with E-state index in [2.05, 4.69) is 47.9 Å². The highest BCUT2D eigenvalue weighted by Gasteiger charge is 2.26. The molecule has 0 bridgehead atoms.